The van der Waals surface area contributed by atoms with Crippen LogP contribution in [0.4, 0.5) is 0 Å². The summed E-state index contributed by atoms with van der Waals surface area (Å²) in [6.07, 6.45) is 1.18. The lowest BCUT2D eigenvalue weighted by molar-refractivity contribution is -0.136. The second-order valence-electron chi connectivity index (χ2n) is 5.71. The van der Waals surface area contributed by atoms with E-state index in [4.69, 9.17) is 5.11 Å². The third-order valence-corrected chi connectivity index (χ3v) is 5.47. The predicted octanol–water partition coefficient (Wildman–Crippen LogP) is 1.76. The number of benzene rings is 2. The van der Waals surface area contributed by atoms with E-state index in [9.17, 15) is 13.2 Å². The maximum Gasteiger partial charge on any atom is 0.307 e. The average Bonchev–Trinajstić information content (AvgIpc) is 2.88. The molecule has 0 spiro atoms. The van der Waals surface area contributed by atoms with Crippen LogP contribution in [0.2, 0.25) is 0 Å². The molecule has 1 unspecified atom stereocenters. The lowest BCUT2D eigenvalue weighted by Gasteiger charge is -2.12. The number of fused-ring (bicyclic) bond motifs is 1. The molecule has 2 N–H and O–H groups in total. The Kier molecular flexibility index (Phi) is 4.19. The minimum Gasteiger partial charge on any atom is -0.481 e. The number of rotatable bonds is 5. The summed E-state index contributed by atoms with van der Waals surface area (Å²) < 4.78 is 27.5. The molecule has 1 aliphatic carbocycles. The van der Waals surface area contributed by atoms with Crippen molar-refractivity contribution in [2.45, 2.75) is 30.2 Å². The summed E-state index contributed by atoms with van der Waals surface area (Å²) in [7, 11) is -3.53. The van der Waals surface area contributed by atoms with Gasteiger partial charge in [0.05, 0.1) is 11.3 Å². The van der Waals surface area contributed by atoms with Crippen LogP contribution in [0, 0.1) is 0 Å². The monoisotopic (exact) mass is 331 g/mol. The molecule has 0 bridgehead atoms. The lowest BCUT2D eigenvalue weighted by atomic mass is 10.0. The molecule has 1 aliphatic rings. The van der Waals surface area contributed by atoms with Gasteiger partial charge in [0.15, 0.2) is 0 Å². The molecule has 0 saturated carbocycles. The first-order chi connectivity index (χ1) is 10.9. The Hall–Kier alpha value is -2.18. The minimum absolute atomic E-state index is 0.0201. The maximum atomic E-state index is 12.4. The van der Waals surface area contributed by atoms with Crippen LogP contribution in [0.3, 0.4) is 0 Å². The van der Waals surface area contributed by atoms with Crippen molar-refractivity contribution < 1.29 is 18.3 Å². The van der Waals surface area contributed by atoms with Gasteiger partial charge in [-0.1, -0.05) is 36.4 Å². The van der Waals surface area contributed by atoms with E-state index in [0.717, 1.165) is 16.7 Å². The molecule has 0 heterocycles. The van der Waals surface area contributed by atoms with E-state index in [1.807, 2.05) is 12.1 Å². The first-order valence-electron chi connectivity index (χ1n) is 7.34. The minimum atomic E-state index is -3.53. The van der Waals surface area contributed by atoms with Gasteiger partial charge in [-0.3, -0.25) is 4.79 Å². The highest BCUT2D eigenvalue weighted by atomic mass is 32.2. The summed E-state index contributed by atoms with van der Waals surface area (Å²) >= 11 is 0. The topological polar surface area (TPSA) is 83.5 Å². The average molecular weight is 331 g/mol. The van der Waals surface area contributed by atoms with E-state index < -0.39 is 16.0 Å². The van der Waals surface area contributed by atoms with Crippen LogP contribution in [0.5, 0.6) is 0 Å². The Balaban J connectivity index is 1.74. The van der Waals surface area contributed by atoms with E-state index >= 15 is 0 Å². The van der Waals surface area contributed by atoms with Crippen molar-refractivity contribution in [3.63, 3.8) is 0 Å². The van der Waals surface area contributed by atoms with E-state index in [0.29, 0.717) is 12.8 Å². The number of nitrogens with one attached hydrogen (secondary N) is 1. The van der Waals surface area contributed by atoms with Gasteiger partial charge in [0.2, 0.25) is 10.0 Å². The molecule has 0 radical (unpaired) electrons. The maximum absolute atomic E-state index is 12.4. The fourth-order valence-corrected chi connectivity index (χ4v) is 4.18. The molecule has 2 aromatic carbocycles. The summed E-state index contributed by atoms with van der Waals surface area (Å²) in [4.78, 5) is 11.0. The highest BCUT2D eigenvalue weighted by Gasteiger charge is 2.26. The first kappa shape index (κ1) is 15.7. The van der Waals surface area contributed by atoms with Crippen molar-refractivity contribution in [2.75, 3.05) is 0 Å². The van der Waals surface area contributed by atoms with Crippen molar-refractivity contribution in [1.29, 1.82) is 0 Å². The van der Waals surface area contributed by atoms with E-state index in [-0.39, 0.29) is 17.4 Å². The molecular formula is C17H17NO4S. The molecule has 5 nitrogen and oxygen atoms in total. The van der Waals surface area contributed by atoms with Crippen LogP contribution in [0.15, 0.2) is 53.4 Å². The quantitative estimate of drug-likeness (QED) is 0.874. The van der Waals surface area contributed by atoms with Crippen LogP contribution >= 0.6 is 0 Å². The van der Waals surface area contributed by atoms with Crippen molar-refractivity contribution in [2.24, 2.45) is 0 Å². The molecule has 2 aromatic rings. The molecule has 0 saturated heterocycles. The number of sulfonamides is 1. The Morgan fingerprint density at radius 3 is 2.48 bits per heavy atom. The van der Waals surface area contributed by atoms with Crippen molar-refractivity contribution >= 4 is 16.0 Å². The molecule has 23 heavy (non-hydrogen) atoms. The van der Waals surface area contributed by atoms with E-state index in [1.165, 1.54) is 0 Å². The number of carboxylic acids is 1. The fraction of sp³-hybridized carbons (Fsp3) is 0.235. The van der Waals surface area contributed by atoms with Gasteiger partial charge < -0.3 is 5.11 Å². The fourth-order valence-electron chi connectivity index (χ4n) is 2.93. The normalized spacial score (nSPS) is 17.0. The van der Waals surface area contributed by atoms with Gasteiger partial charge in [-0.05, 0) is 41.7 Å². The Labute approximate surface area is 135 Å². The third-order valence-electron chi connectivity index (χ3n) is 3.93. The molecule has 0 amide bonds. The zero-order chi connectivity index (χ0) is 16.4. The molecule has 6 heteroatoms. The standard InChI is InChI=1S/C17H17NO4S/c19-17(20)9-12-6-7-13-10-15(11-14(13)8-12)18-23(21,22)16-4-2-1-3-5-16/h1-8,15,18H,9-11H2,(H,19,20). The number of hydrogen-bond acceptors (Lipinski definition) is 3. The van der Waals surface area contributed by atoms with E-state index in [1.54, 1.807) is 36.4 Å². The van der Waals surface area contributed by atoms with Crippen LogP contribution in [-0.4, -0.2) is 25.5 Å². The summed E-state index contributed by atoms with van der Waals surface area (Å²) in [6.45, 7) is 0. The van der Waals surface area contributed by atoms with Crippen molar-refractivity contribution in [3.05, 3.63) is 65.2 Å². The second-order valence-corrected chi connectivity index (χ2v) is 7.43. The molecule has 3 rings (SSSR count). The Morgan fingerprint density at radius 1 is 1.09 bits per heavy atom. The number of carbonyl (C=O) groups is 1. The van der Waals surface area contributed by atoms with Crippen LogP contribution in [0.25, 0.3) is 0 Å². The predicted molar refractivity (Wildman–Crippen MR) is 85.7 cm³/mol. The molecule has 1 atom stereocenters. The van der Waals surface area contributed by atoms with Crippen molar-refractivity contribution in [1.82, 2.24) is 4.72 Å². The molecule has 0 aliphatic heterocycles. The third kappa shape index (κ3) is 3.60. The zero-order valence-corrected chi connectivity index (χ0v) is 13.2. The molecule has 0 fully saturated rings. The van der Waals surface area contributed by atoms with Crippen LogP contribution in [0.1, 0.15) is 16.7 Å². The van der Waals surface area contributed by atoms with Gasteiger partial charge in [0, 0.05) is 6.04 Å². The van der Waals surface area contributed by atoms with E-state index in [2.05, 4.69) is 4.72 Å². The molecule has 0 aromatic heterocycles. The van der Waals surface area contributed by atoms with Gasteiger partial charge in [0.25, 0.3) is 0 Å². The molecule has 120 valence electrons. The van der Waals surface area contributed by atoms with Gasteiger partial charge in [0.1, 0.15) is 0 Å². The molecular weight excluding hydrogens is 314 g/mol. The SMILES string of the molecule is O=C(O)Cc1ccc2c(c1)CC(NS(=O)(=O)c1ccccc1)C2. The highest BCUT2D eigenvalue weighted by Crippen LogP contribution is 2.25. The largest absolute Gasteiger partial charge is 0.481 e. The van der Waals surface area contributed by atoms with Crippen molar-refractivity contribution in [3.8, 4) is 0 Å². The van der Waals surface area contributed by atoms with Gasteiger partial charge in [-0.15, -0.1) is 0 Å². The lowest BCUT2D eigenvalue weighted by Crippen LogP contribution is -2.35. The number of carboxylic acid groups (broad SMARTS) is 1. The first-order valence-corrected chi connectivity index (χ1v) is 8.82. The van der Waals surface area contributed by atoms with Gasteiger partial charge in [-0.25, -0.2) is 13.1 Å². The summed E-state index contributed by atoms with van der Waals surface area (Å²) in [6, 6.07) is 13.6. The smallest absolute Gasteiger partial charge is 0.307 e. The van der Waals surface area contributed by atoms with Gasteiger partial charge in [-0.2, -0.15) is 0 Å². The summed E-state index contributed by atoms with van der Waals surface area (Å²) in [5.74, 6) is -0.871. The number of aliphatic carboxylic acids is 1. The van der Waals surface area contributed by atoms with Crippen LogP contribution in [-0.2, 0) is 34.1 Å². The summed E-state index contributed by atoms with van der Waals surface area (Å²) in [5, 5.41) is 8.85. The second kappa shape index (κ2) is 6.14. The Bertz CT molecular complexity index is 831. The Morgan fingerprint density at radius 2 is 1.78 bits per heavy atom. The van der Waals surface area contributed by atoms with Gasteiger partial charge >= 0.3 is 5.97 Å². The highest BCUT2D eigenvalue weighted by molar-refractivity contribution is 7.89. The zero-order valence-electron chi connectivity index (χ0n) is 12.4. The number of hydrogen-bond donors (Lipinski definition) is 2. The van der Waals surface area contributed by atoms with Crippen LogP contribution < -0.4 is 4.72 Å². The summed E-state index contributed by atoms with van der Waals surface area (Å²) in [5.41, 5.74) is 2.83.